The molecule has 6 heteroatoms. The molecule has 2 aromatic carbocycles. The maximum absolute atomic E-state index is 12.2. The van der Waals surface area contributed by atoms with Crippen LogP contribution in [-0.4, -0.2) is 33.2 Å². The number of anilines is 1. The zero-order valence-corrected chi connectivity index (χ0v) is 17.1. The van der Waals surface area contributed by atoms with E-state index < -0.39 is 10.0 Å². The molecule has 1 N–H and O–H groups in total. The second-order valence-corrected chi connectivity index (χ2v) is 8.67. The summed E-state index contributed by atoms with van der Waals surface area (Å²) in [5.74, 6) is -0.0347. The molecule has 0 aliphatic rings. The van der Waals surface area contributed by atoms with Crippen LogP contribution < -0.4 is 9.62 Å². The Labute approximate surface area is 162 Å². The van der Waals surface area contributed by atoms with E-state index in [-0.39, 0.29) is 18.2 Å². The highest BCUT2D eigenvalue weighted by Gasteiger charge is 2.14. The highest BCUT2D eigenvalue weighted by atomic mass is 32.2. The molecule has 27 heavy (non-hydrogen) atoms. The zero-order valence-electron chi connectivity index (χ0n) is 16.2. The van der Waals surface area contributed by atoms with Crippen molar-refractivity contribution in [1.29, 1.82) is 0 Å². The van der Waals surface area contributed by atoms with Gasteiger partial charge in [0.2, 0.25) is 15.9 Å². The molecule has 0 saturated heterocycles. The van der Waals surface area contributed by atoms with Crippen molar-refractivity contribution in [2.24, 2.45) is 0 Å². The molecular formula is C21H28N2O3S. The van der Waals surface area contributed by atoms with Crippen LogP contribution in [0.25, 0.3) is 0 Å². The predicted molar refractivity (Wildman–Crippen MR) is 110 cm³/mol. The first-order valence-corrected chi connectivity index (χ1v) is 10.8. The third-order valence-corrected chi connectivity index (χ3v) is 6.03. The molecule has 1 amide bonds. The van der Waals surface area contributed by atoms with Crippen LogP contribution in [0.4, 0.5) is 5.69 Å². The molecule has 0 spiro atoms. The summed E-state index contributed by atoms with van der Waals surface area (Å²) < 4.78 is 27.0. The van der Waals surface area contributed by atoms with Gasteiger partial charge in [-0.25, -0.2) is 13.1 Å². The number of aryl methyl sites for hydroxylation is 3. The van der Waals surface area contributed by atoms with Gasteiger partial charge in [-0.1, -0.05) is 36.4 Å². The number of carbonyl (C=O) groups is 1. The van der Waals surface area contributed by atoms with Gasteiger partial charge < -0.3 is 4.90 Å². The first kappa shape index (κ1) is 21.1. The molecule has 0 radical (unpaired) electrons. The van der Waals surface area contributed by atoms with Crippen LogP contribution in [0, 0.1) is 13.8 Å². The minimum Gasteiger partial charge on any atom is -0.311 e. The molecule has 0 fully saturated rings. The number of rotatable bonds is 9. The standard InChI is InChI=1S/C21H28N2O3S/c1-17-11-12-21(16-18(17)2)23(19(3)24)14-13-22-27(25,26)15-7-10-20-8-5-4-6-9-20/h4-6,8-9,11-12,16,22H,7,10,13-15H2,1-3H3. The van der Waals surface area contributed by atoms with Crippen molar-refractivity contribution in [3.63, 3.8) is 0 Å². The van der Waals surface area contributed by atoms with Gasteiger partial charge in [0.1, 0.15) is 0 Å². The van der Waals surface area contributed by atoms with Gasteiger partial charge in [0, 0.05) is 25.7 Å². The average molecular weight is 389 g/mol. The Bertz CT molecular complexity index is 864. The summed E-state index contributed by atoms with van der Waals surface area (Å²) in [6, 6.07) is 15.6. The van der Waals surface area contributed by atoms with Gasteiger partial charge in [-0.3, -0.25) is 4.79 Å². The van der Waals surface area contributed by atoms with Crippen LogP contribution >= 0.6 is 0 Å². The number of hydrogen-bond acceptors (Lipinski definition) is 3. The van der Waals surface area contributed by atoms with Gasteiger partial charge in [0.05, 0.1) is 5.75 Å². The molecule has 2 aromatic rings. The summed E-state index contributed by atoms with van der Waals surface area (Å²) in [4.78, 5) is 13.6. The highest BCUT2D eigenvalue weighted by molar-refractivity contribution is 7.89. The fourth-order valence-electron chi connectivity index (χ4n) is 2.86. The second kappa shape index (κ2) is 9.67. The smallest absolute Gasteiger partial charge is 0.223 e. The van der Waals surface area contributed by atoms with Crippen LogP contribution in [0.3, 0.4) is 0 Å². The summed E-state index contributed by atoms with van der Waals surface area (Å²) in [7, 11) is -3.36. The van der Waals surface area contributed by atoms with E-state index in [1.54, 1.807) is 4.90 Å². The van der Waals surface area contributed by atoms with Gasteiger partial charge in [0.25, 0.3) is 0 Å². The van der Waals surface area contributed by atoms with Crippen LogP contribution in [0.15, 0.2) is 48.5 Å². The van der Waals surface area contributed by atoms with E-state index in [1.807, 2.05) is 62.4 Å². The lowest BCUT2D eigenvalue weighted by Gasteiger charge is -2.22. The molecule has 5 nitrogen and oxygen atoms in total. The van der Waals surface area contributed by atoms with Crippen molar-refractivity contribution in [2.75, 3.05) is 23.7 Å². The van der Waals surface area contributed by atoms with Crippen LogP contribution in [0.1, 0.15) is 30.0 Å². The summed E-state index contributed by atoms with van der Waals surface area (Å²) in [5, 5.41) is 0. The Kier molecular flexibility index (Phi) is 7.56. The van der Waals surface area contributed by atoms with Crippen molar-refractivity contribution >= 4 is 21.6 Å². The summed E-state index contributed by atoms with van der Waals surface area (Å²) >= 11 is 0. The van der Waals surface area contributed by atoms with Gasteiger partial charge in [-0.2, -0.15) is 0 Å². The van der Waals surface area contributed by atoms with E-state index in [0.717, 1.165) is 28.8 Å². The monoisotopic (exact) mass is 388 g/mol. The van der Waals surface area contributed by atoms with E-state index in [9.17, 15) is 13.2 Å². The number of sulfonamides is 1. The lowest BCUT2D eigenvalue weighted by Crippen LogP contribution is -2.38. The number of benzene rings is 2. The maximum atomic E-state index is 12.2. The summed E-state index contributed by atoms with van der Waals surface area (Å²) in [6.45, 7) is 5.99. The normalized spacial score (nSPS) is 11.4. The molecule has 2 rings (SSSR count). The molecule has 0 aromatic heterocycles. The van der Waals surface area contributed by atoms with E-state index in [1.165, 1.54) is 6.92 Å². The zero-order chi connectivity index (χ0) is 19.9. The van der Waals surface area contributed by atoms with Crippen LogP contribution in [-0.2, 0) is 21.2 Å². The molecule has 0 saturated carbocycles. The molecule has 0 aliphatic heterocycles. The van der Waals surface area contributed by atoms with Crippen molar-refractivity contribution < 1.29 is 13.2 Å². The fourth-order valence-corrected chi connectivity index (χ4v) is 3.93. The molecule has 0 heterocycles. The minimum atomic E-state index is -3.36. The van der Waals surface area contributed by atoms with E-state index in [0.29, 0.717) is 13.0 Å². The molecule has 0 atom stereocenters. The summed E-state index contributed by atoms with van der Waals surface area (Å²) in [6.07, 6.45) is 1.29. The van der Waals surface area contributed by atoms with Crippen molar-refractivity contribution in [3.8, 4) is 0 Å². The molecule has 0 bridgehead atoms. The molecule has 146 valence electrons. The van der Waals surface area contributed by atoms with Crippen molar-refractivity contribution in [1.82, 2.24) is 4.72 Å². The Morgan fingerprint density at radius 2 is 1.74 bits per heavy atom. The van der Waals surface area contributed by atoms with Crippen LogP contribution in [0.2, 0.25) is 0 Å². The Hall–Kier alpha value is -2.18. The number of nitrogens with one attached hydrogen (secondary N) is 1. The first-order chi connectivity index (χ1) is 12.8. The van der Waals surface area contributed by atoms with Gasteiger partial charge in [-0.15, -0.1) is 0 Å². The molecule has 0 aliphatic carbocycles. The SMILES string of the molecule is CC(=O)N(CCNS(=O)(=O)CCCc1ccccc1)c1ccc(C)c(C)c1. The third kappa shape index (κ3) is 6.81. The third-order valence-electron chi connectivity index (χ3n) is 4.56. The largest absolute Gasteiger partial charge is 0.311 e. The minimum absolute atomic E-state index is 0.0750. The number of carbonyl (C=O) groups excluding carboxylic acids is 1. The van der Waals surface area contributed by atoms with Crippen LogP contribution in [0.5, 0.6) is 0 Å². The lowest BCUT2D eigenvalue weighted by molar-refractivity contribution is -0.116. The first-order valence-electron chi connectivity index (χ1n) is 9.15. The lowest BCUT2D eigenvalue weighted by atomic mass is 10.1. The van der Waals surface area contributed by atoms with Crippen molar-refractivity contribution in [3.05, 3.63) is 65.2 Å². The molecular weight excluding hydrogens is 360 g/mol. The highest BCUT2D eigenvalue weighted by Crippen LogP contribution is 2.18. The fraction of sp³-hybridized carbons (Fsp3) is 0.381. The maximum Gasteiger partial charge on any atom is 0.223 e. The van der Waals surface area contributed by atoms with Crippen molar-refractivity contribution in [2.45, 2.75) is 33.6 Å². The van der Waals surface area contributed by atoms with Gasteiger partial charge in [0.15, 0.2) is 0 Å². The van der Waals surface area contributed by atoms with E-state index in [2.05, 4.69) is 4.72 Å². The van der Waals surface area contributed by atoms with Gasteiger partial charge >= 0.3 is 0 Å². The quantitative estimate of drug-likeness (QED) is 0.717. The average Bonchev–Trinajstić information content (AvgIpc) is 2.62. The number of hydrogen-bond donors (Lipinski definition) is 1. The Morgan fingerprint density at radius 3 is 2.37 bits per heavy atom. The van der Waals surface area contributed by atoms with Gasteiger partial charge in [-0.05, 0) is 55.5 Å². The second-order valence-electron chi connectivity index (χ2n) is 6.74. The van der Waals surface area contributed by atoms with E-state index in [4.69, 9.17) is 0 Å². The number of nitrogens with zero attached hydrogens (tertiary/aromatic N) is 1. The predicted octanol–water partition coefficient (Wildman–Crippen LogP) is 3.21. The van der Waals surface area contributed by atoms with E-state index >= 15 is 0 Å². The summed E-state index contributed by atoms with van der Waals surface area (Å²) in [5.41, 5.74) is 4.17. The Balaban J connectivity index is 1.86. The topological polar surface area (TPSA) is 66.5 Å². The Morgan fingerprint density at radius 1 is 1.04 bits per heavy atom. The number of amides is 1. The molecule has 0 unspecified atom stereocenters.